The molecule has 0 radical (unpaired) electrons. The summed E-state index contributed by atoms with van der Waals surface area (Å²) in [6.07, 6.45) is 0.879. The van der Waals surface area contributed by atoms with Crippen molar-refractivity contribution >= 4 is 17.5 Å². The standard InChI is InChI=1S/C21H24N2O3/c1-4-15(3)22-21(25)17-7-5-6-16(11-17)12-23-18-9-8-14(2)10-19(18)26-13-20(23)24/h5-11,15H,4,12-13H2,1-3H3,(H,22,25). The number of ether oxygens (including phenoxy) is 1. The van der Waals surface area contributed by atoms with Gasteiger partial charge in [0.25, 0.3) is 11.8 Å². The molecule has 0 aliphatic carbocycles. The van der Waals surface area contributed by atoms with Crippen LogP contribution in [0.2, 0.25) is 0 Å². The number of nitrogens with one attached hydrogen (secondary N) is 1. The fraction of sp³-hybridized carbons (Fsp3) is 0.333. The minimum absolute atomic E-state index is 0.0324. The van der Waals surface area contributed by atoms with Crippen LogP contribution in [0.1, 0.15) is 41.8 Å². The first-order valence-electron chi connectivity index (χ1n) is 8.91. The normalized spacial score (nSPS) is 14.4. The lowest BCUT2D eigenvalue weighted by atomic mass is 10.1. The second-order valence-electron chi connectivity index (χ2n) is 6.72. The lowest BCUT2D eigenvalue weighted by Crippen LogP contribution is -2.38. The molecule has 5 nitrogen and oxygen atoms in total. The highest BCUT2D eigenvalue weighted by Gasteiger charge is 2.25. The number of amides is 2. The molecule has 2 aromatic rings. The van der Waals surface area contributed by atoms with Crippen molar-refractivity contribution in [2.45, 2.75) is 39.8 Å². The van der Waals surface area contributed by atoms with Gasteiger partial charge in [-0.3, -0.25) is 9.59 Å². The van der Waals surface area contributed by atoms with Gasteiger partial charge < -0.3 is 15.0 Å². The maximum Gasteiger partial charge on any atom is 0.265 e. The lowest BCUT2D eigenvalue weighted by Gasteiger charge is -2.29. The Kier molecular flexibility index (Phi) is 5.26. The Morgan fingerprint density at radius 1 is 1.27 bits per heavy atom. The first-order chi connectivity index (χ1) is 12.5. The fourth-order valence-electron chi connectivity index (χ4n) is 2.89. The van der Waals surface area contributed by atoms with E-state index in [0.717, 1.165) is 29.0 Å². The first-order valence-corrected chi connectivity index (χ1v) is 8.91. The molecule has 0 fully saturated rings. The monoisotopic (exact) mass is 352 g/mol. The highest BCUT2D eigenvalue weighted by molar-refractivity contribution is 5.98. The summed E-state index contributed by atoms with van der Waals surface area (Å²) < 4.78 is 5.55. The van der Waals surface area contributed by atoms with Gasteiger partial charge in [0.2, 0.25) is 0 Å². The van der Waals surface area contributed by atoms with E-state index in [0.29, 0.717) is 12.1 Å². The Labute approximate surface area is 154 Å². The molecule has 1 atom stereocenters. The summed E-state index contributed by atoms with van der Waals surface area (Å²) in [6.45, 7) is 6.44. The van der Waals surface area contributed by atoms with Crippen LogP contribution < -0.4 is 15.0 Å². The smallest absolute Gasteiger partial charge is 0.265 e. The van der Waals surface area contributed by atoms with Gasteiger partial charge >= 0.3 is 0 Å². The predicted molar refractivity (Wildman–Crippen MR) is 102 cm³/mol. The molecule has 2 amide bonds. The zero-order valence-electron chi connectivity index (χ0n) is 15.4. The number of fused-ring (bicyclic) bond motifs is 1. The molecule has 1 heterocycles. The summed E-state index contributed by atoms with van der Waals surface area (Å²) in [6, 6.07) is 13.3. The largest absolute Gasteiger partial charge is 0.482 e. The zero-order valence-corrected chi connectivity index (χ0v) is 15.4. The van der Waals surface area contributed by atoms with Crippen molar-refractivity contribution in [3.63, 3.8) is 0 Å². The molecule has 1 N–H and O–H groups in total. The molecule has 0 spiro atoms. The lowest BCUT2D eigenvalue weighted by molar-refractivity contribution is -0.121. The fourth-order valence-corrected chi connectivity index (χ4v) is 2.89. The third kappa shape index (κ3) is 3.87. The molecule has 3 rings (SSSR count). The molecule has 1 aliphatic heterocycles. The Morgan fingerprint density at radius 2 is 2.08 bits per heavy atom. The van der Waals surface area contributed by atoms with Crippen LogP contribution >= 0.6 is 0 Å². The van der Waals surface area contributed by atoms with Crippen molar-refractivity contribution in [2.75, 3.05) is 11.5 Å². The van der Waals surface area contributed by atoms with Gasteiger partial charge in [-0.25, -0.2) is 0 Å². The molecule has 2 aromatic carbocycles. The van der Waals surface area contributed by atoms with Crippen LogP contribution in [0, 0.1) is 6.92 Å². The Hall–Kier alpha value is -2.82. The number of hydrogen-bond acceptors (Lipinski definition) is 3. The zero-order chi connectivity index (χ0) is 18.7. The number of benzene rings is 2. The second kappa shape index (κ2) is 7.60. The van der Waals surface area contributed by atoms with Gasteiger partial charge in [-0.2, -0.15) is 0 Å². The predicted octanol–water partition coefficient (Wildman–Crippen LogP) is 3.45. The highest BCUT2D eigenvalue weighted by Crippen LogP contribution is 2.33. The number of anilines is 1. The summed E-state index contributed by atoms with van der Waals surface area (Å²) in [5, 5.41) is 2.97. The molecule has 136 valence electrons. The minimum Gasteiger partial charge on any atom is -0.482 e. The number of carbonyl (C=O) groups is 2. The molecular weight excluding hydrogens is 328 g/mol. The number of carbonyl (C=O) groups excluding carboxylic acids is 2. The van der Waals surface area contributed by atoms with Crippen molar-refractivity contribution in [3.05, 3.63) is 59.2 Å². The summed E-state index contributed by atoms with van der Waals surface area (Å²) in [5.74, 6) is 0.539. The molecule has 0 saturated carbocycles. The van der Waals surface area contributed by atoms with Crippen LogP contribution in [-0.4, -0.2) is 24.5 Å². The first kappa shape index (κ1) is 18.0. The van der Waals surface area contributed by atoms with Gasteiger partial charge in [-0.05, 0) is 55.7 Å². The summed E-state index contributed by atoms with van der Waals surface area (Å²) >= 11 is 0. The molecule has 0 saturated heterocycles. The van der Waals surface area contributed by atoms with E-state index in [9.17, 15) is 9.59 Å². The topological polar surface area (TPSA) is 58.6 Å². The summed E-state index contributed by atoms with van der Waals surface area (Å²) in [7, 11) is 0. The maximum atomic E-state index is 12.4. The number of hydrogen-bond donors (Lipinski definition) is 1. The van der Waals surface area contributed by atoms with E-state index in [1.54, 1.807) is 11.0 Å². The molecule has 1 aliphatic rings. The van der Waals surface area contributed by atoms with E-state index in [2.05, 4.69) is 5.32 Å². The average Bonchev–Trinajstić information content (AvgIpc) is 2.64. The van der Waals surface area contributed by atoms with Crippen molar-refractivity contribution in [3.8, 4) is 5.75 Å². The van der Waals surface area contributed by atoms with E-state index in [1.807, 2.05) is 57.2 Å². The number of aryl methyl sites for hydroxylation is 1. The SMILES string of the molecule is CCC(C)NC(=O)c1cccc(CN2C(=O)COc3cc(C)ccc32)c1. The van der Waals surface area contributed by atoms with Crippen LogP contribution in [-0.2, 0) is 11.3 Å². The van der Waals surface area contributed by atoms with E-state index in [1.165, 1.54) is 0 Å². The van der Waals surface area contributed by atoms with Gasteiger partial charge in [-0.15, -0.1) is 0 Å². The van der Waals surface area contributed by atoms with Gasteiger partial charge in [-0.1, -0.05) is 25.1 Å². The summed E-state index contributed by atoms with van der Waals surface area (Å²) in [5.41, 5.74) is 3.36. The number of rotatable bonds is 5. The van der Waals surface area contributed by atoms with Crippen LogP contribution in [0.5, 0.6) is 5.75 Å². The number of nitrogens with zero attached hydrogens (tertiary/aromatic N) is 1. The third-order valence-corrected chi connectivity index (χ3v) is 4.58. The van der Waals surface area contributed by atoms with Crippen LogP contribution in [0.4, 0.5) is 5.69 Å². The van der Waals surface area contributed by atoms with Crippen LogP contribution in [0.25, 0.3) is 0 Å². The Balaban J connectivity index is 1.82. The minimum atomic E-state index is -0.0921. The van der Waals surface area contributed by atoms with Gasteiger partial charge in [0.15, 0.2) is 6.61 Å². The molecule has 26 heavy (non-hydrogen) atoms. The summed E-state index contributed by atoms with van der Waals surface area (Å²) in [4.78, 5) is 26.4. The Bertz CT molecular complexity index is 832. The average molecular weight is 352 g/mol. The Morgan fingerprint density at radius 3 is 2.85 bits per heavy atom. The molecule has 1 unspecified atom stereocenters. The van der Waals surface area contributed by atoms with Crippen molar-refractivity contribution in [2.24, 2.45) is 0 Å². The van der Waals surface area contributed by atoms with Crippen molar-refractivity contribution < 1.29 is 14.3 Å². The van der Waals surface area contributed by atoms with E-state index < -0.39 is 0 Å². The van der Waals surface area contributed by atoms with Crippen molar-refractivity contribution in [1.82, 2.24) is 5.32 Å². The molecule has 0 bridgehead atoms. The van der Waals surface area contributed by atoms with Crippen LogP contribution in [0.3, 0.4) is 0 Å². The van der Waals surface area contributed by atoms with E-state index in [4.69, 9.17) is 4.74 Å². The van der Waals surface area contributed by atoms with Crippen LogP contribution in [0.15, 0.2) is 42.5 Å². The highest BCUT2D eigenvalue weighted by atomic mass is 16.5. The quantitative estimate of drug-likeness (QED) is 0.897. The maximum absolute atomic E-state index is 12.4. The van der Waals surface area contributed by atoms with E-state index in [-0.39, 0.29) is 24.5 Å². The van der Waals surface area contributed by atoms with Gasteiger partial charge in [0.05, 0.1) is 12.2 Å². The second-order valence-corrected chi connectivity index (χ2v) is 6.72. The molecule has 5 heteroatoms. The molecule has 0 aromatic heterocycles. The van der Waals surface area contributed by atoms with E-state index >= 15 is 0 Å². The van der Waals surface area contributed by atoms with Gasteiger partial charge in [0, 0.05) is 11.6 Å². The third-order valence-electron chi connectivity index (χ3n) is 4.58. The van der Waals surface area contributed by atoms with Crippen molar-refractivity contribution in [1.29, 1.82) is 0 Å². The van der Waals surface area contributed by atoms with Gasteiger partial charge in [0.1, 0.15) is 5.75 Å². The molecular formula is C21H24N2O3.